The molecule has 2 aromatic rings. The van der Waals surface area contributed by atoms with E-state index < -0.39 is 0 Å². The van der Waals surface area contributed by atoms with Crippen LogP contribution in [0.25, 0.3) is 10.6 Å². The van der Waals surface area contributed by atoms with E-state index in [-0.39, 0.29) is 0 Å². The molecule has 0 saturated heterocycles. The van der Waals surface area contributed by atoms with Crippen LogP contribution in [0.4, 0.5) is 5.13 Å². The van der Waals surface area contributed by atoms with Crippen molar-refractivity contribution in [2.75, 3.05) is 5.73 Å². The number of aromatic nitrogens is 2. The highest BCUT2D eigenvalue weighted by Crippen LogP contribution is 2.49. The second kappa shape index (κ2) is 3.28. The fourth-order valence-corrected chi connectivity index (χ4v) is 3.61. The molecule has 3 rings (SSSR count). The van der Waals surface area contributed by atoms with Crippen molar-refractivity contribution in [2.45, 2.75) is 32.1 Å². The van der Waals surface area contributed by atoms with E-state index in [1.165, 1.54) is 29.2 Å². The first-order chi connectivity index (χ1) is 7.58. The number of thiazole rings is 2. The number of nitrogens with zero attached hydrogens (tertiary/aromatic N) is 2. The first-order valence-electron chi connectivity index (χ1n) is 5.28. The average molecular weight is 251 g/mol. The summed E-state index contributed by atoms with van der Waals surface area (Å²) in [5.74, 6) is 0. The van der Waals surface area contributed by atoms with Gasteiger partial charge in [-0.1, -0.05) is 18.3 Å². The summed E-state index contributed by atoms with van der Waals surface area (Å²) in [6, 6.07) is 0. The third-order valence-electron chi connectivity index (χ3n) is 3.07. The van der Waals surface area contributed by atoms with Gasteiger partial charge in [0.15, 0.2) is 5.13 Å². The Morgan fingerprint density at radius 1 is 1.38 bits per heavy atom. The molecule has 2 heterocycles. The van der Waals surface area contributed by atoms with Gasteiger partial charge in [0.1, 0.15) is 0 Å². The van der Waals surface area contributed by atoms with Crippen LogP contribution in [0.15, 0.2) is 5.38 Å². The van der Waals surface area contributed by atoms with Gasteiger partial charge in [0, 0.05) is 10.8 Å². The fourth-order valence-electron chi connectivity index (χ4n) is 1.71. The molecule has 16 heavy (non-hydrogen) atoms. The molecule has 0 aliphatic heterocycles. The van der Waals surface area contributed by atoms with Crippen LogP contribution in [0.3, 0.4) is 0 Å². The summed E-state index contributed by atoms with van der Waals surface area (Å²) in [4.78, 5) is 10.1. The van der Waals surface area contributed by atoms with Crippen LogP contribution in [0.2, 0.25) is 0 Å². The molecule has 1 aliphatic carbocycles. The summed E-state index contributed by atoms with van der Waals surface area (Å²) >= 11 is 3.28. The molecule has 2 N–H and O–H groups in total. The molecule has 0 unspecified atom stereocenters. The number of nitrogen functional groups attached to an aromatic ring is 1. The molecule has 2 aromatic heterocycles. The van der Waals surface area contributed by atoms with E-state index in [2.05, 4.69) is 17.3 Å². The zero-order valence-electron chi connectivity index (χ0n) is 9.28. The van der Waals surface area contributed by atoms with Crippen LogP contribution in [0.5, 0.6) is 0 Å². The first kappa shape index (κ1) is 10.2. The molecule has 0 radical (unpaired) electrons. The van der Waals surface area contributed by atoms with E-state index in [4.69, 9.17) is 10.7 Å². The third kappa shape index (κ3) is 1.55. The van der Waals surface area contributed by atoms with Crippen LogP contribution in [-0.4, -0.2) is 9.97 Å². The van der Waals surface area contributed by atoms with Crippen LogP contribution >= 0.6 is 22.7 Å². The van der Waals surface area contributed by atoms with E-state index in [1.807, 2.05) is 6.92 Å². The molecule has 0 bridgehead atoms. The molecule has 0 spiro atoms. The summed E-state index contributed by atoms with van der Waals surface area (Å²) in [6.07, 6.45) is 2.54. The van der Waals surface area contributed by atoms with Gasteiger partial charge >= 0.3 is 0 Å². The Kier molecular flexibility index (Phi) is 2.09. The molecule has 0 aromatic carbocycles. The Morgan fingerprint density at radius 3 is 2.69 bits per heavy atom. The van der Waals surface area contributed by atoms with E-state index in [0.717, 1.165) is 16.3 Å². The summed E-state index contributed by atoms with van der Waals surface area (Å²) in [5, 5.41) is 4.01. The number of hydrogen-bond acceptors (Lipinski definition) is 5. The number of rotatable bonds is 2. The molecular weight excluding hydrogens is 238 g/mol. The summed E-state index contributed by atoms with van der Waals surface area (Å²) in [7, 11) is 0. The standard InChI is InChI=1S/C11H13N3S2/c1-6-8(16-10(12)13-6)7-5-15-9(14-7)11(2)3-4-11/h5H,3-4H2,1-2H3,(H2,12,13). The van der Waals surface area contributed by atoms with E-state index in [1.54, 1.807) is 11.3 Å². The van der Waals surface area contributed by atoms with Crippen LogP contribution in [0, 0.1) is 6.92 Å². The van der Waals surface area contributed by atoms with Gasteiger partial charge < -0.3 is 5.73 Å². The lowest BCUT2D eigenvalue weighted by atomic mass is 10.2. The van der Waals surface area contributed by atoms with Crippen molar-refractivity contribution < 1.29 is 0 Å². The topological polar surface area (TPSA) is 51.8 Å². The zero-order valence-corrected chi connectivity index (χ0v) is 10.9. The maximum atomic E-state index is 5.70. The van der Waals surface area contributed by atoms with Crippen molar-refractivity contribution in [3.8, 4) is 10.6 Å². The van der Waals surface area contributed by atoms with Gasteiger partial charge in [0.2, 0.25) is 0 Å². The second-order valence-corrected chi connectivity index (χ2v) is 6.45. The van der Waals surface area contributed by atoms with E-state index in [9.17, 15) is 0 Å². The minimum atomic E-state index is 0.354. The predicted molar refractivity (Wildman–Crippen MR) is 69.0 cm³/mol. The maximum absolute atomic E-state index is 5.70. The second-order valence-electron chi connectivity index (χ2n) is 4.57. The lowest BCUT2D eigenvalue weighted by Crippen LogP contribution is -1.97. The maximum Gasteiger partial charge on any atom is 0.180 e. The van der Waals surface area contributed by atoms with Gasteiger partial charge in [-0.05, 0) is 19.8 Å². The third-order valence-corrected chi connectivity index (χ3v) is 5.22. The summed E-state index contributed by atoms with van der Waals surface area (Å²) in [5.41, 5.74) is 8.09. The highest BCUT2D eigenvalue weighted by molar-refractivity contribution is 7.19. The fraction of sp³-hybridized carbons (Fsp3) is 0.455. The number of anilines is 1. The van der Waals surface area contributed by atoms with Crippen molar-refractivity contribution in [2.24, 2.45) is 0 Å². The summed E-state index contributed by atoms with van der Waals surface area (Å²) < 4.78 is 0. The predicted octanol–water partition coefficient (Wildman–Crippen LogP) is 3.21. The minimum absolute atomic E-state index is 0.354. The number of hydrogen-bond donors (Lipinski definition) is 1. The van der Waals surface area contributed by atoms with Gasteiger partial charge in [-0.3, -0.25) is 0 Å². The van der Waals surface area contributed by atoms with Crippen molar-refractivity contribution in [1.82, 2.24) is 9.97 Å². The monoisotopic (exact) mass is 251 g/mol. The largest absolute Gasteiger partial charge is 0.375 e. The SMILES string of the molecule is Cc1nc(N)sc1-c1csc(C2(C)CC2)n1. The lowest BCUT2D eigenvalue weighted by Gasteiger charge is -2.00. The smallest absolute Gasteiger partial charge is 0.180 e. The van der Waals surface area contributed by atoms with E-state index in [0.29, 0.717) is 10.5 Å². The zero-order chi connectivity index (χ0) is 11.3. The minimum Gasteiger partial charge on any atom is -0.375 e. The van der Waals surface area contributed by atoms with Crippen molar-refractivity contribution in [1.29, 1.82) is 0 Å². The quantitative estimate of drug-likeness (QED) is 0.891. The summed E-state index contributed by atoms with van der Waals surface area (Å²) in [6.45, 7) is 4.27. The van der Waals surface area contributed by atoms with Gasteiger partial charge in [0.25, 0.3) is 0 Å². The van der Waals surface area contributed by atoms with Crippen LogP contribution in [0.1, 0.15) is 30.5 Å². The molecule has 3 nitrogen and oxygen atoms in total. The molecule has 1 fully saturated rings. The highest BCUT2D eigenvalue weighted by Gasteiger charge is 2.41. The van der Waals surface area contributed by atoms with Crippen molar-refractivity contribution >= 4 is 27.8 Å². The highest BCUT2D eigenvalue weighted by atomic mass is 32.1. The molecule has 0 amide bonds. The van der Waals surface area contributed by atoms with Crippen molar-refractivity contribution in [3.63, 3.8) is 0 Å². The first-order valence-corrected chi connectivity index (χ1v) is 6.97. The molecule has 84 valence electrons. The molecule has 5 heteroatoms. The number of nitrogens with two attached hydrogens (primary N) is 1. The lowest BCUT2D eigenvalue weighted by molar-refractivity contribution is 0.778. The normalized spacial score (nSPS) is 17.6. The van der Waals surface area contributed by atoms with Gasteiger partial charge in [-0.2, -0.15) is 0 Å². The molecule has 1 saturated carbocycles. The Balaban J connectivity index is 2.01. The van der Waals surface area contributed by atoms with Gasteiger partial charge in [-0.15, -0.1) is 11.3 Å². The Bertz CT molecular complexity index is 537. The average Bonchev–Trinajstić information content (AvgIpc) is 2.70. The molecule has 1 aliphatic rings. The Labute approximate surface area is 102 Å². The van der Waals surface area contributed by atoms with Gasteiger partial charge in [0.05, 0.1) is 21.3 Å². The van der Waals surface area contributed by atoms with E-state index >= 15 is 0 Å². The van der Waals surface area contributed by atoms with Crippen molar-refractivity contribution in [3.05, 3.63) is 16.1 Å². The number of aryl methyl sites for hydroxylation is 1. The Morgan fingerprint density at radius 2 is 2.12 bits per heavy atom. The Hall–Kier alpha value is -0.940. The van der Waals surface area contributed by atoms with Crippen LogP contribution < -0.4 is 5.73 Å². The molecular formula is C11H13N3S2. The van der Waals surface area contributed by atoms with Gasteiger partial charge in [-0.25, -0.2) is 9.97 Å². The van der Waals surface area contributed by atoms with Crippen LogP contribution in [-0.2, 0) is 5.41 Å². The molecule has 0 atom stereocenters.